The number of aromatic nitrogens is 2. The lowest BCUT2D eigenvalue weighted by atomic mass is 10.2. The van der Waals surface area contributed by atoms with Gasteiger partial charge >= 0.3 is 0 Å². The fraction of sp³-hybridized carbons (Fsp3) is 0.0667. The molecule has 1 aromatic heterocycles. The summed E-state index contributed by atoms with van der Waals surface area (Å²) in [6.45, 7) is 2.09. The topological polar surface area (TPSA) is 25.8 Å². The van der Waals surface area contributed by atoms with Gasteiger partial charge in [-0.2, -0.15) is 0 Å². The van der Waals surface area contributed by atoms with Crippen molar-refractivity contribution in [3.05, 3.63) is 60.2 Å². The highest BCUT2D eigenvalue weighted by molar-refractivity contribution is 8.01. The van der Waals surface area contributed by atoms with E-state index in [9.17, 15) is 0 Å². The lowest BCUT2D eigenvalue weighted by molar-refractivity contribution is 1.01. The molecule has 1 heterocycles. The number of hydrogen-bond donors (Lipinski definition) is 0. The number of aryl methyl sites for hydroxylation is 1. The maximum atomic E-state index is 4.25. The predicted octanol–water partition coefficient (Wildman–Crippen LogP) is 4.66. The lowest BCUT2D eigenvalue weighted by Crippen LogP contribution is -1.75. The van der Waals surface area contributed by atoms with E-state index in [0.29, 0.717) is 0 Å². The molecule has 94 valence electrons. The summed E-state index contributed by atoms with van der Waals surface area (Å²) in [5, 5.41) is 9.46. The third-order valence-electron chi connectivity index (χ3n) is 2.65. The largest absolute Gasteiger partial charge is 0.179 e. The van der Waals surface area contributed by atoms with E-state index in [1.165, 1.54) is 10.5 Å². The first-order valence-electron chi connectivity index (χ1n) is 5.95. The maximum Gasteiger partial charge on any atom is 0.179 e. The average molecular weight is 284 g/mol. The van der Waals surface area contributed by atoms with E-state index in [-0.39, 0.29) is 0 Å². The van der Waals surface area contributed by atoms with Gasteiger partial charge in [0.15, 0.2) is 4.34 Å². The lowest BCUT2D eigenvalue weighted by Gasteiger charge is -1.97. The molecule has 0 amide bonds. The van der Waals surface area contributed by atoms with E-state index in [1.54, 1.807) is 23.1 Å². The molecule has 0 saturated heterocycles. The van der Waals surface area contributed by atoms with Crippen LogP contribution in [0.25, 0.3) is 10.6 Å². The molecule has 0 aliphatic rings. The Morgan fingerprint density at radius 3 is 2.37 bits per heavy atom. The molecule has 0 fully saturated rings. The quantitative estimate of drug-likeness (QED) is 0.699. The van der Waals surface area contributed by atoms with Crippen molar-refractivity contribution in [2.45, 2.75) is 16.2 Å². The molecule has 0 aliphatic carbocycles. The van der Waals surface area contributed by atoms with Gasteiger partial charge in [0.2, 0.25) is 0 Å². The third-order valence-corrected chi connectivity index (χ3v) is 4.68. The Hall–Kier alpha value is -1.65. The Bertz CT molecular complexity index is 660. The average Bonchev–Trinajstić information content (AvgIpc) is 2.91. The van der Waals surface area contributed by atoms with Crippen LogP contribution >= 0.6 is 23.1 Å². The summed E-state index contributed by atoms with van der Waals surface area (Å²) in [6.07, 6.45) is 0. The molecule has 2 aromatic carbocycles. The number of hydrogen-bond acceptors (Lipinski definition) is 4. The Labute approximate surface area is 120 Å². The van der Waals surface area contributed by atoms with Crippen molar-refractivity contribution in [1.82, 2.24) is 10.2 Å². The van der Waals surface area contributed by atoms with Gasteiger partial charge in [0.05, 0.1) is 0 Å². The van der Waals surface area contributed by atoms with E-state index in [2.05, 4.69) is 53.5 Å². The minimum Gasteiger partial charge on any atom is -0.137 e. The zero-order valence-electron chi connectivity index (χ0n) is 10.4. The third kappa shape index (κ3) is 3.03. The van der Waals surface area contributed by atoms with E-state index >= 15 is 0 Å². The first-order valence-corrected chi connectivity index (χ1v) is 7.58. The molecule has 2 nitrogen and oxygen atoms in total. The van der Waals surface area contributed by atoms with Crippen molar-refractivity contribution in [2.75, 3.05) is 0 Å². The van der Waals surface area contributed by atoms with Crippen LogP contribution in [0.4, 0.5) is 0 Å². The minimum absolute atomic E-state index is 0.968. The van der Waals surface area contributed by atoms with Gasteiger partial charge in [-0.3, -0.25) is 0 Å². The summed E-state index contributed by atoms with van der Waals surface area (Å²) in [7, 11) is 0. The monoisotopic (exact) mass is 284 g/mol. The van der Waals surface area contributed by atoms with Crippen LogP contribution in [0.15, 0.2) is 63.8 Å². The zero-order valence-corrected chi connectivity index (χ0v) is 12.0. The molecule has 0 atom stereocenters. The molecule has 3 aromatic rings. The molecule has 0 unspecified atom stereocenters. The highest BCUT2D eigenvalue weighted by Gasteiger charge is 2.07. The van der Waals surface area contributed by atoms with Crippen LogP contribution in [0, 0.1) is 6.92 Å². The molecule has 0 radical (unpaired) electrons. The Kier molecular flexibility index (Phi) is 3.62. The summed E-state index contributed by atoms with van der Waals surface area (Å²) >= 11 is 3.28. The van der Waals surface area contributed by atoms with E-state index in [1.807, 2.05) is 18.2 Å². The van der Waals surface area contributed by atoms with Gasteiger partial charge < -0.3 is 0 Å². The van der Waals surface area contributed by atoms with Gasteiger partial charge in [-0.1, -0.05) is 71.1 Å². The smallest absolute Gasteiger partial charge is 0.137 e. The molecule has 0 spiro atoms. The van der Waals surface area contributed by atoms with E-state index < -0.39 is 0 Å². The van der Waals surface area contributed by atoms with Crippen LogP contribution in [0.3, 0.4) is 0 Å². The van der Waals surface area contributed by atoms with Crippen LogP contribution < -0.4 is 0 Å². The second kappa shape index (κ2) is 5.55. The molecule has 0 saturated carbocycles. The van der Waals surface area contributed by atoms with Gasteiger partial charge in [0, 0.05) is 10.5 Å². The highest BCUT2D eigenvalue weighted by Crippen LogP contribution is 2.33. The SMILES string of the molecule is Cc1ccc(Sc2nnc(-c3ccccc3)s2)cc1. The zero-order chi connectivity index (χ0) is 13.1. The molecular formula is C15H12N2S2. The fourth-order valence-electron chi connectivity index (χ4n) is 1.66. The van der Waals surface area contributed by atoms with Crippen molar-refractivity contribution in [3.63, 3.8) is 0 Å². The molecule has 0 N–H and O–H groups in total. The number of benzene rings is 2. The second-order valence-corrected chi connectivity index (χ2v) is 6.45. The van der Waals surface area contributed by atoms with Crippen molar-refractivity contribution >= 4 is 23.1 Å². The van der Waals surface area contributed by atoms with Gasteiger partial charge in [0.1, 0.15) is 5.01 Å². The van der Waals surface area contributed by atoms with Crippen LogP contribution in [0.2, 0.25) is 0 Å². The predicted molar refractivity (Wildman–Crippen MR) is 80.6 cm³/mol. The standard InChI is InChI=1S/C15H12N2S2/c1-11-7-9-13(10-8-11)18-15-17-16-14(19-15)12-5-3-2-4-6-12/h2-10H,1H3. The summed E-state index contributed by atoms with van der Waals surface area (Å²) in [5.41, 5.74) is 2.39. The van der Waals surface area contributed by atoms with Crippen molar-refractivity contribution < 1.29 is 0 Å². The molecule has 0 bridgehead atoms. The molecule has 0 aliphatic heterocycles. The number of nitrogens with zero attached hydrogens (tertiary/aromatic N) is 2. The van der Waals surface area contributed by atoms with Crippen molar-refractivity contribution in [1.29, 1.82) is 0 Å². The van der Waals surface area contributed by atoms with E-state index in [4.69, 9.17) is 0 Å². The minimum atomic E-state index is 0.968. The molecule has 3 rings (SSSR count). The Morgan fingerprint density at radius 2 is 1.63 bits per heavy atom. The maximum absolute atomic E-state index is 4.25. The fourth-order valence-corrected chi connectivity index (χ4v) is 3.49. The summed E-state index contributed by atoms with van der Waals surface area (Å²) in [4.78, 5) is 1.20. The van der Waals surface area contributed by atoms with Crippen molar-refractivity contribution in [2.24, 2.45) is 0 Å². The first-order chi connectivity index (χ1) is 9.31. The molecule has 19 heavy (non-hydrogen) atoms. The highest BCUT2D eigenvalue weighted by atomic mass is 32.2. The van der Waals surface area contributed by atoms with Crippen LogP contribution in [-0.2, 0) is 0 Å². The Balaban J connectivity index is 1.80. The second-order valence-electron chi connectivity index (χ2n) is 4.15. The van der Waals surface area contributed by atoms with Crippen LogP contribution in [-0.4, -0.2) is 10.2 Å². The summed E-state index contributed by atoms with van der Waals surface area (Å²) in [5.74, 6) is 0. The first kappa shape index (κ1) is 12.4. The van der Waals surface area contributed by atoms with Crippen LogP contribution in [0.5, 0.6) is 0 Å². The van der Waals surface area contributed by atoms with E-state index in [0.717, 1.165) is 14.9 Å². The summed E-state index contributed by atoms with van der Waals surface area (Å²) in [6, 6.07) is 18.6. The Morgan fingerprint density at radius 1 is 0.895 bits per heavy atom. The van der Waals surface area contributed by atoms with Crippen LogP contribution in [0.1, 0.15) is 5.56 Å². The van der Waals surface area contributed by atoms with Gasteiger partial charge in [0.25, 0.3) is 0 Å². The molecule has 4 heteroatoms. The van der Waals surface area contributed by atoms with Gasteiger partial charge in [-0.15, -0.1) is 10.2 Å². The normalized spacial score (nSPS) is 10.6. The molecular weight excluding hydrogens is 272 g/mol. The van der Waals surface area contributed by atoms with Gasteiger partial charge in [-0.25, -0.2) is 0 Å². The number of rotatable bonds is 3. The summed E-state index contributed by atoms with van der Waals surface area (Å²) < 4.78 is 0.975. The van der Waals surface area contributed by atoms with Gasteiger partial charge in [-0.05, 0) is 19.1 Å². The van der Waals surface area contributed by atoms with Crippen molar-refractivity contribution in [3.8, 4) is 10.6 Å².